The van der Waals surface area contributed by atoms with Crippen LogP contribution in [0.3, 0.4) is 0 Å². The Labute approximate surface area is 120 Å². The number of hydrogen-bond acceptors (Lipinski definition) is 2. The van der Waals surface area contributed by atoms with E-state index in [1.165, 1.54) is 6.07 Å². The van der Waals surface area contributed by atoms with E-state index in [9.17, 15) is 4.39 Å². The van der Waals surface area contributed by atoms with E-state index in [1.54, 1.807) is 6.07 Å². The smallest absolute Gasteiger partial charge is 0.131 e. The van der Waals surface area contributed by atoms with Gasteiger partial charge in [-0.05, 0) is 74.3 Å². The molecule has 0 fully saturated rings. The third kappa shape index (κ3) is 3.20. The SMILES string of the molecule is CN(C)CCCCn1nc(I)c2cc(F)ccc21. The van der Waals surface area contributed by atoms with Crippen LogP contribution in [0.2, 0.25) is 0 Å². The predicted octanol–water partition coefficient (Wildman–Crippen LogP) is 3.12. The van der Waals surface area contributed by atoms with E-state index in [0.717, 1.165) is 40.5 Å². The summed E-state index contributed by atoms with van der Waals surface area (Å²) >= 11 is 2.16. The van der Waals surface area contributed by atoms with Gasteiger partial charge in [0.25, 0.3) is 0 Å². The number of fused-ring (bicyclic) bond motifs is 1. The lowest BCUT2D eigenvalue weighted by molar-refractivity contribution is 0.385. The van der Waals surface area contributed by atoms with Gasteiger partial charge in [0.2, 0.25) is 0 Å². The van der Waals surface area contributed by atoms with Crippen LogP contribution in [0.1, 0.15) is 12.8 Å². The number of rotatable bonds is 5. The van der Waals surface area contributed by atoms with Gasteiger partial charge in [0.1, 0.15) is 9.52 Å². The normalized spacial score (nSPS) is 11.6. The molecular formula is C13H17FIN3. The Bertz CT molecular complexity index is 536. The van der Waals surface area contributed by atoms with Crippen molar-refractivity contribution in [1.29, 1.82) is 0 Å². The Morgan fingerprint density at radius 2 is 2.11 bits per heavy atom. The first kappa shape index (κ1) is 13.7. The maximum Gasteiger partial charge on any atom is 0.131 e. The number of aryl methyl sites for hydroxylation is 1. The molecule has 18 heavy (non-hydrogen) atoms. The minimum atomic E-state index is -0.201. The fourth-order valence-electron chi connectivity index (χ4n) is 1.97. The summed E-state index contributed by atoms with van der Waals surface area (Å²) in [5.41, 5.74) is 1.02. The average Bonchev–Trinajstić information content (AvgIpc) is 2.61. The van der Waals surface area contributed by atoms with Crippen molar-refractivity contribution >= 4 is 33.5 Å². The number of halogens is 2. The van der Waals surface area contributed by atoms with E-state index in [4.69, 9.17) is 0 Å². The predicted molar refractivity (Wildman–Crippen MR) is 80.2 cm³/mol. The second kappa shape index (κ2) is 5.97. The molecule has 0 atom stereocenters. The topological polar surface area (TPSA) is 21.1 Å². The van der Waals surface area contributed by atoms with Crippen molar-refractivity contribution in [3.8, 4) is 0 Å². The summed E-state index contributed by atoms with van der Waals surface area (Å²) in [5, 5.41) is 5.38. The Kier molecular flexibility index (Phi) is 4.55. The van der Waals surface area contributed by atoms with Crippen molar-refractivity contribution in [3.05, 3.63) is 27.7 Å². The van der Waals surface area contributed by atoms with Crippen LogP contribution in [-0.2, 0) is 6.54 Å². The van der Waals surface area contributed by atoms with Gasteiger partial charge in [-0.2, -0.15) is 5.10 Å². The summed E-state index contributed by atoms with van der Waals surface area (Å²) in [6.07, 6.45) is 2.23. The minimum Gasteiger partial charge on any atom is -0.309 e. The lowest BCUT2D eigenvalue weighted by Crippen LogP contribution is -2.13. The molecule has 0 bridgehead atoms. The lowest BCUT2D eigenvalue weighted by atomic mass is 10.2. The summed E-state index contributed by atoms with van der Waals surface area (Å²) in [6.45, 7) is 1.98. The molecule has 0 radical (unpaired) electrons. The molecular weight excluding hydrogens is 344 g/mol. The Hall–Kier alpha value is -0.690. The fraction of sp³-hybridized carbons (Fsp3) is 0.462. The number of benzene rings is 1. The van der Waals surface area contributed by atoms with Crippen LogP contribution in [0.4, 0.5) is 4.39 Å². The summed E-state index contributed by atoms with van der Waals surface area (Å²) in [6, 6.07) is 4.86. The molecule has 0 saturated heterocycles. The number of nitrogens with zero attached hydrogens (tertiary/aromatic N) is 3. The molecule has 2 rings (SSSR count). The number of aromatic nitrogens is 2. The summed E-state index contributed by atoms with van der Waals surface area (Å²) in [7, 11) is 4.16. The third-order valence-electron chi connectivity index (χ3n) is 2.89. The van der Waals surface area contributed by atoms with Crippen LogP contribution in [0, 0.1) is 9.52 Å². The lowest BCUT2D eigenvalue weighted by Gasteiger charge is -2.09. The first-order chi connectivity index (χ1) is 8.58. The van der Waals surface area contributed by atoms with Gasteiger partial charge in [-0.15, -0.1) is 0 Å². The molecule has 0 N–H and O–H groups in total. The van der Waals surface area contributed by atoms with Crippen LogP contribution >= 0.6 is 22.6 Å². The van der Waals surface area contributed by atoms with Crippen molar-refractivity contribution in [3.63, 3.8) is 0 Å². The van der Waals surface area contributed by atoms with Gasteiger partial charge in [0.05, 0.1) is 5.52 Å². The highest BCUT2D eigenvalue weighted by atomic mass is 127. The van der Waals surface area contributed by atoms with Crippen LogP contribution < -0.4 is 0 Å². The minimum absolute atomic E-state index is 0.201. The summed E-state index contributed by atoms with van der Waals surface area (Å²) < 4.78 is 16.0. The molecule has 0 aliphatic heterocycles. The van der Waals surface area contributed by atoms with Gasteiger partial charge in [-0.25, -0.2) is 4.39 Å². The van der Waals surface area contributed by atoms with Crippen molar-refractivity contribution in [2.45, 2.75) is 19.4 Å². The molecule has 0 saturated carbocycles. The van der Waals surface area contributed by atoms with Gasteiger partial charge in [-0.3, -0.25) is 4.68 Å². The van der Waals surface area contributed by atoms with Gasteiger partial charge in [-0.1, -0.05) is 0 Å². The van der Waals surface area contributed by atoms with Crippen molar-refractivity contribution < 1.29 is 4.39 Å². The average molecular weight is 361 g/mol. The molecule has 5 heteroatoms. The van der Waals surface area contributed by atoms with Gasteiger partial charge < -0.3 is 4.90 Å². The van der Waals surface area contributed by atoms with E-state index in [-0.39, 0.29) is 5.82 Å². The molecule has 0 aliphatic rings. The number of hydrogen-bond donors (Lipinski definition) is 0. The van der Waals surface area contributed by atoms with Crippen LogP contribution in [0.5, 0.6) is 0 Å². The highest BCUT2D eigenvalue weighted by Crippen LogP contribution is 2.21. The monoisotopic (exact) mass is 361 g/mol. The Morgan fingerprint density at radius 1 is 1.33 bits per heavy atom. The van der Waals surface area contributed by atoms with Crippen molar-refractivity contribution in [2.75, 3.05) is 20.6 Å². The highest BCUT2D eigenvalue weighted by molar-refractivity contribution is 14.1. The second-order valence-corrected chi connectivity index (χ2v) is 5.71. The van der Waals surface area contributed by atoms with Gasteiger partial charge in [0.15, 0.2) is 0 Å². The zero-order valence-electron chi connectivity index (χ0n) is 10.7. The van der Waals surface area contributed by atoms with E-state index in [2.05, 4.69) is 46.7 Å². The van der Waals surface area contributed by atoms with E-state index in [1.807, 2.05) is 10.7 Å². The molecule has 1 aromatic carbocycles. The molecule has 3 nitrogen and oxygen atoms in total. The summed E-state index contributed by atoms with van der Waals surface area (Å²) in [5.74, 6) is -0.201. The zero-order chi connectivity index (χ0) is 13.1. The standard InChI is InChI=1S/C13H17FIN3/c1-17(2)7-3-4-8-18-12-6-5-10(14)9-11(12)13(15)16-18/h5-6,9H,3-4,7-8H2,1-2H3. The third-order valence-corrected chi connectivity index (χ3v) is 3.69. The van der Waals surface area contributed by atoms with Crippen molar-refractivity contribution in [1.82, 2.24) is 14.7 Å². The fourth-order valence-corrected chi connectivity index (χ4v) is 2.66. The van der Waals surface area contributed by atoms with Gasteiger partial charge in [0, 0.05) is 11.9 Å². The molecule has 1 aromatic heterocycles. The first-order valence-corrected chi connectivity index (χ1v) is 7.12. The molecule has 2 aromatic rings. The van der Waals surface area contributed by atoms with E-state index < -0.39 is 0 Å². The molecule has 1 heterocycles. The first-order valence-electron chi connectivity index (χ1n) is 6.04. The van der Waals surface area contributed by atoms with Gasteiger partial charge >= 0.3 is 0 Å². The van der Waals surface area contributed by atoms with Crippen LogP contribution in [0.15, 0.2) is 18.2 Å². The number of unbranched alkanes of at least 4 members (excludes halogenated alkanes) is 1. The zero-order valence-corrected chi connectivity index (χ0v) is 12.8. The maximum atomic E-state index is 13.2. The Balaban J connectivity index is 2.09. The molecule has 0 amide bonds. The molecule has 0 spiro atoms. The van der Waals surface area contributed by atoms with E-state index >= 15 is 0 Å². The van der Waals surface area contributed by atoms with Crippen molar-refractivity contribution in [2.24, 2.45) is 0 Å². The largest absolute Gasteiger partial charge is 0.309 e. The molecule has 0 aliphatic carbocycles. The van der Waals surface area contributed by atoms with E-state index in [0.29, 0.717) is 0 Å². The second-order valence-electron chi connectivity index (χ2n) is 4.69. The maximum absolute atomic E-state index is 13.2. The Morgan fingerprint density at radius 3 is 2.83 bits per heavy atom. The summed E-state index contributed by atoms with van der Waals surface area (Å²) in [4.78, 5) is 2.18. The molecule has 98 valence electrons. The molecule has 0 unspecified atom stereocenters. The highest BCUT2D eigenvalue weighted by Gasteiger charge is 2.08. The van der Waals surface area contributed by atoms with Crippen LogP contribution in [-0.4, -0.2) is 35.3 Å². The quantitative estimate of drug-likeness (QED) is 0.603. The van der Waals surface area contributed by atoms with Crippen LogP contribution in [0.25, 0.3) is 10.9 Å².